The lowest BCUT2D eigenvalue weighted by Crippen LogP contribution is -2.26. The van der Waals surface area contributed by atoms with E-state index in [0.29, 0.717) is 6.54 Å². The van der Waals surface area contributed by atoms with Gasteiger partial charge in [-0.15, -0.1) is 0 Å². The van der Waals surface area contributed by atoms with Crippen molar-refractivity contribution in [3.05, 3.63) is 73.3 Å². The summed E-state index contributed by atoms with van der Waals surface area (Å²) in [5.74, 6) is -1.18. The Hall–Kier alpha value is -3.82. The van der Waals surface area contributed by atoms with Crippen LogP contribution in [0.3, 0.4) is 0 Å². The minimum atomic E-state index is -0.810. The molecule has 28 heavy (non-hydrogen) atoms. The molecule has 2 N–H and O–H groups in total. The first-order chi connectivity index (χ1) is 13.3. The van der Waals surface area contributed by atoms with Gasteiger partial charge in [-0.25, -0.2) is 0 Å². The number of nitro benzene ring substituents is 2. The van der Waals surface area contributed by atoms with Crippen molar-refractivity contribution in [3.8, 4) is 0 Å². The Morgan fingerprint density at radius 1 is 1.00 bits per heavy atom. The van der Waals surface area contributed by atoms with Gasteiger partial charge in [0.2, 0.25) is 0 Å². The SMILES string of the molecule is CCCNC(=O)c1ccccc1NC(=O)c1cc([N+](=O)[O-])cc([N+](=O)[O-])c1C. The molecule has 146 valence electrons. The molecule has 0 aliphatic heterocycles. The van der Waals surface area contributed by atoms with Crippen molar-refractivity contribution in [3.63, 3.8) is 0 Å². The molecule has 0 radical (unpaired) electrons. The summed E-state index contributed by atoms with van der Waals surface area (Å²) in [5.41, 5.74) is -0.938. The van der Waals surface area contributed by atoms with Crippen LogP contribution in [-0.2, 0) is 0 Å². The number of carbonyl (C=O) groups excluding carboxylic acids is 2. The third kappa shape index (κ3) is 4.47. The number of nitro groups is 2. The van der Waals surface area contributed by atoms with E-state index >= 15 is 0 Å². The second kappa shape index (κ2) is 8.71. The zero-order chi connectivity index (χ0) is 20.8. The highest BCUT2D eigenvalue weighted by Gasteiger charge is 2.25. The van der Waals surface area contributed by atoms with E-state index in [1.807, 2.05) is 6.92 Å². The van der Waals surface area contributed by atoms with Crippen LogP contribution in [0.15, 0.2) is 36.4 Å². The topological polar surface area (TPSA) is 144 Å². The number of para-hydroxylation sites is 1. The van der Waals surface area contributed by atoms with E-state index in [1.54, 1.807) is 12.1 Å². The normalized spacial score (nSPS) is 10.2. The van der Waals surface area contributed by atoms with Crippen LogP contribution in [0.25, 0.3) is 0 Å². The zero-order valence-electron chi connectivity index (χ0n) is 15.2. The van der Waals surface area contributed by atoms with Crippen molar-refractivity contribution < 1.29 is 19.4 Å². The molecule has 0 spiro atoms. The summed E-state index contributed by atoms with van der Waals surface area (Å²) in [4.78, 5) is 45.6. The Morgan fingerprint density at radius 3 is 2.29 bits per heavy atom. The van der Waals surface area contributed by atoms with E-state index in [9.17, 15) is 29.8 Å². The molecule has 2 aromatic rings. The van der Waals surface area contributed by atoms with Gasteiger partial charge >= 0.3 is 0 Å². The lowest BCUT2D eigenvalue weighted by Gasteiger charge is -2.12. The number of anilines is 1. The summed E-state index contributed by atoms with van der Waals surface area (Å²) in [7, 11) is 0. The molecule has 0 saturated heterocycles. The van der Waals surface area contributed by atoms with E-state index in [2.05, 4.69) is 10.6 Å². The summed E-state index contributed by atoms with van der Waals surface area (Å²) in [5, 5.41) is 27.4. The maximum absolute atomic E-state index is 12.7. The maximum Gasteiger partial charge on any atom is 0.279 e. The Labute approximate surface area is 159 Å². The van der Waals surface area contributed by atoms with Gasteiger partial charge in [0.05, 0.1) is 32.7 Å². The smallest absolute Gasteiger partial charge is 0.279 e. The maximum atomic E-state index is 12.7. The second-order valence-electron chi connectivity index (χ2n) is 5.91. The molecule has 0 atom stereocenters. The van der Waals surface area contributed by atoms with Gasteiger partial charge in [0.25, 0.3) is 23.2 Å². The summed E-state index contributed by atoms with van der Waals surface area (Å²) in [6.45, 7) is 3.68. The minimum absolute atomic E-state index is 0.0129. The predicted octanol–water partition coefficient (Wildman–Crippen LogP) is 3.20. The minimum Gasteiger partial charge on any atom is -0.352 e. The summed E-state index contributed by atoms with van der Waals surface area (Å²) in [6, 6.07) is 8.02. The van der Waals surface area contributed by atoms with Crippen molar-refractivity contribution >= 4 is 28.9 Å². The van der Waals surface area contributed by atoms with Crippen molar-refractivity contribution in [1.29, 1.82) is 0 Å². The van der Waals surface area contributed by atoms with Crippen molar-refractivity contribution in [2.75, 3.05) is 11.9 Å². The quantitative estimate of drug-likeness (QED) is 0.552. The molecule has 0 fully saturated rings. The predicted molar refractivity (Wildman–Crippen MR) is 102 cm³/mol. The largest absolute Gasteiger partial charge is 0.352 e. The molecule has 0 unspecified atom stereocenters. The van der Waals surface area contributed by atoms with Crippen molar-refractivity contribution in [1.82, 2.24) is 5.32 Å². The van der Waals surface area contributed by atoms with Gasteiger partial charge in [-0.1, -0.05) is 19.1 Å². The average molecular weight is 386 g/mol. The molecule has 2 rings (SSSR count). The first kappa shape index (κ1) is 20.5. The molecule has 10 nitrogen and oxygen atoms in total. The molecule has 0 aromatic heterocycles. The fraction of sp³-hybridized carbons (Fsp3) is 0.222. The van der Waals surface area contributed by atoms with E-state index < -0.39 is 27.1 Å². The van der Waals surface area contributed by atoms with E-state index in [-0.39, 0.29) is 28.3 Å². The zero-order valence-corrected chi connectivity index (χ0v) is 15.2. The number of nitrogens with zero attached hydrogens (tertiary/aromatic N) is 2. The second-order valence-corrected chi connectivity index (χ2v) is 5.91. The molecule has 0 heterocycles. The fourth-order valence-corrected chi connectivity index (χ4v) is 2.53. The Kier molecular flexibility index (Phi) is 6.38. The third-order valence-corrected chi connectivity index (χ3v) is 3.97. The number of carbonyl (C=O) groups is 2. The molecule has 0 aliphatic carbocycles. The number of hydrogen-bond donors (Lipinski definition) is 2. The molecular formula is C18H18N4O6. The summed E-state index contributed by atoms with van der Waals surface area (Å²) < 4.78 is 0. The summed E-state index contributed by atoms with van der Waals surface area (Å²) >= 11 is 0. The van der Waals surface area contributed by atoms with Gasteiger partial charge < -0.3 is 10.6 Å². The number of hydrogen-bond acceptors (Lipinski definition) is 6. The van der Waals surface area contributed by atoms with Crippen LogP contribution >= 0.6 is 0 Å². The van der Waals surface area contributed by atoms with Gasteiger partial charge in [0.15, 0.2) is 0 Å². The number of nitrogens with one attached hydrogen (secondary N) is 2. The van der Waals surface area contributed by atoms with Crippen LogP contribution in [0, 0.1) is 27.2 Å². The standard InChI is InChI=1S/C18H18N4O6/c1-3-8-19-17(23)13-6-4-5-7-15(13)20-18(24)14-9-12(21(25)26)10-16(11(14)2)22(27)28/h4-7,9-10H,3,8H2,1-2H3,(H,19,23)(H,20,24). The van der Waals surface area contributed by atoms with Gasteiger partial charge in [-0.2, -0.15) is 0 Å². The molecule has 0 saturated carbocycles. The molecule has 2 amide bonds. The molecule has 2 aromatic carbocycles. The van der Waals surface area contributed by atoms with Crippen LogP contribution < -0.4 is 10.6 Å². The lowest BCUT2D eigenvalue weighted by atomic mass is 10.0. The third-order valence-electron chi connectivity index (χ3n) is 3.97. The molecule has 0 aliphatic rings. The van der Waals surface area contributed by atoms with Gasteiger partial charge in [-0.05, 0) is 25.5 Å². The van der Waals surface area contributed by atoms with Crippen LogP contribution in [0.5, 0.6) is 0 Å². The monoisotopic (exact) mass is 386 g/mol. The Morgan fingerprint density at radius 2 is 1.68 bits per heavy atom. The number of non-ortho nitro benzene ring substituents is 1. The van der Waals surface area contributed by atoms with Gasteiger partial charge in [0, 0.05) is 18.2 Å². The number of amides is 2. The molecule has 10 heteroatoms. The van der Waals surface area contributed by atoms with Gasteiger partial charge in [0.1, 0.15) is 0 Å². The first-order valence-electron chi connectivity index (χ1n) is 8.38. The Bertz CT molecular complexity index is 957. The van der Waals surface area contributed by atoms with Crippen LogP contribution in [-0.4, -0.2) is 28.2 Å². The average Bonchev–Trinajstić information content (AvgIpc) is 2.66. The number of rotatable bonds is 7. The van der Waals surface area contributed by atoms with E-state index in [0.717, 1.165) is 18.6 Å². The summed E-state index contributed by atoms with van der Waals surface area (Å²) in [6.07, 6.45) is 0.733. The Balaban J connectivity index is 2.42. The first-order valence-corrected chi connectivity index (χ1v) is 8.38. The lowest BCUT2D eigenvalue weighted by molar-refractivity contribution is -0.394. The fourth-order valence-electron chi connectivity index (χ4n) is 2.53. The van der Waals surface area contributed by atoms with E-state index in [4.69, 9.17) is 0 Å². The highest BCUT2D eigenvalue weighted by atomic mass is 16.6. The van der Waals surface area contributed by atoms with Crippen molar-refractivity contribution in [2.24, 2.45) is 0 Å². The number of benzene rings is 2. The molecule has 0 bridgehead atoms. The van der Waals surface area contributed by atoms with E-state index in [1.165, 1.54) is 19.1 Å². The van der Waals surface area contributed by atoms with Crippen molar-refractivity contribution in [2.45, 2.75) is 20.3 Å². The highest BCUT2D eigenvalue weighted by Crippen LogP contribution is 2.29. The van der Waals surface area contributed by atoms with Gasteiger partial charge in [-0.3, -0.25) is 29.8 Å². The van der Waals surface area contributed by atoms with Crippen LogP contribution in [0.2, 0.25) is 0 Å². The highest BCUT2D eigenvalue weighted by molar-refractivity contribution is 6.10. The molecular weight excluding hydrogens is 368 g/mol. The van der Waals surface area contributed by atoms with Crippen LogP contribution in [0.4, 0.5) is 17.1 Å². The van der Waals surface area contributed by atoms with Crippen LogP contribution in [0.1, 0.15) is 39.6 Å².